The molecule has 4 rings (SSSR count). The van der Waals surface area contributed by atoms with E-state index in [2.05, 4.69) is 25.2 Å². The van der Waals surface area contributed by atoms with E-state index in [4.69, 9.17) is 4.74 Å². The van der Waals surface area contributed by atoms with Crippen LogP contribution in [0.3, 0.4) is 0 Å². The van der Waals surface area contributed by atoms with Crippen LogP contribution in [0.25, 0.3) is 10.8 Å². The first-order valence-corrected chi connectivity index (χ1v) is 10.1. The van der Waals surface area contributed by atoms with Crippen molar-refractivity contribution in [1.29, 1.82) is 0 Å². The van der Waals surface area contributed by atoms with Crippen molar-refractivity contribution in [2.24, 2.45) is 5.92 Å². The highest BCUT2D eigenvalue weighted by molar-refractivity contribution is 5.88. The Bertz CT molecular complexity index is 777. The molecule has 3 nitrogen and oxygen atoms in total. The monoisotopic (exact) mass is 352 g/mol. The average Bonchev–Trinajstić information content (AvgIpc) is 2.66. The van der Waals surface area contributed by atoms with E-state index in [0.717, 1.165) is 10.9 Å². The molecular formula is C23H30NO2+. The van der Waals surface area contributed by atoms with Gasteiger partial charge < -0.3 is 9.22 Å². The molecule has 0 aliphatic carbocycles. The summed E-state index contributed by atoms with van der Waals surface area (Å²) in [5.41, 5.74) is 1.06. The number of ether oxygens (including phenoxy) is 1. The van der Waals surface area contributed by atoms with E-state index in [-0.39, 0.29) is 5.97 Å². The van der Waals surface area contributed by atoms with Gasteiger partial charge in [0.2, 0.25) is 0 Å². The Kier molecular flexibility index (Phi) is 4.99. The Labute approximate surface area is 156 Å². The summed E-state index contributed by atoms with van der Waals surface area (Å²) in [4.78, 5) is 12.5. The van der Waals surface area contributed by atoms with Crippen LogP contribution in [0.15, 0.2) is 42.5 Å². The number of hydrogen-bond donors (Lipinski definition) is 0. The van der Waals surface area contributed by atoms with Gasteiger partial charge in [0.05, 0.1) is 39.2 Å². The Morgan fingerprint density at radius 1 is 1.04 bits per heavy atom. The standard InChI is InChI=1S/C23H30NO2/c1-24-14-5-4-13-22(24)20(11-7-15-24)17-26-23(25)16-19-10-6-9-18-8-2-3-12-21(18)19/h2-3,6,8-10,12,20,22H,4-5,7,11,13-17H2,1H3/q+1/t20-,22+,24-/m1/s1. The number of rotatable bonds is 4. The average molecular weight is 352 g/mol. The molecule has 2 aromatic carbocycles. The van der Waals surface area contributed by atoms with Gasteiger partial charge in [-0.05, 0) is 42.0 Å². The van der Waals surface area contributed by atoms with Crippen LogP contribution in [0.5, 0.6) is 0 Å². The Balaban J connectivity index is 1.39. The largest absolute Gasteiger partial charge is 0.465 e. The molecule has 0 amide bonds. The smallest absolute Gasteiger partial charge is 0.310 e. The minimum Gasteiger partial charge on any atom is -0.465 e. The molecule has 3 heteroatoms. The lowest BCUT2D eigenvalue weighted by atomic mass is 9.82. The van der Waals surface area contributed by atoms with Crippen molar-refractivity contribution in [3.8, 4) is 0 Å². The second kappa shape index (κ2) is 7.40. The van der Waals surface area contributed by atoms with E-state index in [9.17, 15) is 4.79 Å². The molecule has 2 heterocycles. The predicted octanol–water partition coefficient (Wildman–Crippen LogP) is 4.33. The molecule has 2 saturated heterocycles. The number of nitrogens with zero attached hydrogens (tertiary/aromatic N) is 1. The number of benzene rings is 2. The lowest BCUT2D eigenvalue weighted by molar-refractivity contribution is -0.947. The molecule has 26 heavy (non-hydrogen) atoms. The van der Waals surface area contributed by atoms with Crippen LogP contribution in [0.2, 0.25) is 0 Å². The fraction of sp³-hybridized carbons (Fsp3) is 0.522. The van der Waals surface area contributed by atoms with E-state index >= 15 is 0 Å². The van der Waals surface area contributed by atoms with Crippen molar-refractivity contribution in [3.05, 3.63) is 48.0 Å². The molecule has 0 spiro atoms. The quantitative estimate of drug-likeness (QED) is 0.604. The first kappa shape index (κ1) is 17.5. The molecule has 0 unspecified atom stereocenters. The molecule has 0 bridgehead atoms. The zero-order chi connectivity index (χ0) is 18.0. The highest BCUT2D eigenvalue weighted by Crippen LogP contribution is 2.36. The molecule has 2 fully saturated rings. The van der Waals surface area contributed by atoms with Crippen LogP contribution in [-0.4, -0.2) is 43.2 Å². The summed E-state index contributed by atoms with van der Waals surface area (Å²) in [5.74, 6) is 0.447. The first-order valence-electron chi connectivity index (χ1n) is 10.1. The minimum atomic E-state index is -0.0862. The summed E-state index contributed by atoms with van der Waals surface area (Å²) in [7, 11) is 2.41. The Morgan fingerprint density at radius 3 is 2.77 bits per heavy atom. The Hall–Kier alpha value is -1.87. The molecular weight excluding hydrogens is 322 g/mol. The van der Waals surface area contributed by atoms with Gasteiger partial charge in [-0.3, -0.25) is 4.79 Å². The molecule has 138 valence electrons. The van der Waals surface area contributed by atoms with Crippen LogP contribution in [0.1, 0.15) is 37.7 Å². The summed E-state index contributed by atoms with van der Waals surface area (Å²) in [5, 5.41) is 2.33. The molecule has 0 aromatic heterocycles. The number of carbonyl (C=O) groups excluding carboxylic acids is 1. The van der Waals surface area contributed by atoms with Crippen molar-refractivity contribution in [3.63, 3.8) is 0 Å². The van der Waals surface area contributed by atoms with Crippen LogP contribution < -0.4 is 0 Å². The van der Waals surface area contributed by atoms with E-state index in [0.29, 0.717) is 25.0 Å². The number of carbonyl (C=O) groups is 1. The molecule has 0 N–H and O–H groups in total. The minimum absolute atomic E-state index is 0.0862. The normalized spacial score (nSPS) is 28.5. The highest BCUT2D eigenvalue weighted by Gasteiger charge is 2.43. The van der Waals surface area contributed by atoms with Gasteiger partial charge >= 0.3 is 5.97 Å². The number of fused-ring (bicyclic) bond motifs is 2. The third-order valence-electron chi connectivity index (χ3n) is 6.68. The second-order valence-electron chi connectivity index (χ2n) is 8.39. The van der Waals surface area contributed by atoms with Gasteiger partial charge in [0.25, 0.3) is 0 Å². The lowest BCUT2D eigenvalue weighted by Gasteiger charge is -2.51. The van der Waals surface area contributed by atoms with Crippen molar-refractivity contribution in [2.75, 3.05) is 26.7 Å². The van der Waals surface area contributed by atoms with Crippen LogP contribution in [-0.2, 0) is 16.0 Å². The topological polar surface area (TPSA) is 26.3 Å². The van der Waals surface area contributed by atoms with Crippen molar-refractivity contribution >= 4 is 16.7 Å². The maximum Gasteiger partial charge on any atom is 0.310 e. The van der Waals surface area contributed by atoms with Crippen molar-refractivity contribution in [1.82, 2.24) is 0 Å². The SMILES string of the molecule is C[N@+]12CCCC[C@H]1[C@@H](COC(=O)Cc1cccc3ccccc13)CCC2. The van der Waals surface area contributed by atoms with Gasteiger partial charge in [-0.15, -0.1) is 0 Å². The maximum absolute atomic E-state index is 12.5. The van der Waals surface area contributed by atoms with E-state index in [1.54, 1.807) is 0 Å². The van der Waals surface area contributed by atoms with Crippen LogP contribution in [0.4, 0.5) is 0 Å². The van der Waals surface area contributed by atoms with Crippen molar-refractivity contribution < 1.29 is 14.0 Å². The zero-order valence-corrected chi connectivity index (χ0v) is 15.8. The number of quaternary nitrogens is 1. The fourth-order valence-corrected chi connectivity index (χ4v) is 5.28. The third-order valence-corrected chi connectivity index (χ3v) is 6.68. The fourth-order valence-electron chi connectivity index (χ4n) is 5.28. The van der Waals surface area contributed by atoms with Gasteiger partial charge in [0.15, 0.2) is 0 Å². The van der Waals surface area contributed by atoms with Crippen LogP contribution in [0, 0.1) is 5.92 Å². The van der Waals surface area contributed by atoms with E-state index < -0.39 is 0 Å². The number of hydrogen-bond acceptors (Lipinski definition) is 2. The summed E-state index contributed by atoms with van der Waals surface area (Å²) in [6.45, 7) is 3.19. The molecule has 2 aliphatic rings. The summed E-state index contributed by atoms with van der Waals surface area (Å²) in [6.07, 6.45) is 6.81. The van der Waals surface area contributed by atoms with Gasteiger partial charge in [-0.25, -0.2) is 0 Å². The molecule has 3 atom stereocenters. The second-order valence-corrected chi connectivity index (χ2v) is 8.39. The highest BCUT2D eigenvalue weighted by atomic mass is 16.5. The predicted molar refractivity (Wildman–Crippen MR) is 105 cm³/mol. The number of esters is 1. The zero-order valence-electron chi connectivity index (χ0n) is 15.8. The molecule has 0 radical (unpaired) electrons. The van der Waals surface area contributed by atoms with Gasteiger partial charge in [0, 0.05) is 12.3 Å². The molecule has 0 saturated carbocycles. The molecule has 2 aliphatic heterocycles. The van der Waals surface area contributed by atoms with E-state index in [1.165, 1.54) is 55.1 Å². The first-order chi connectivity index (χ1) is 12.7. The lowest BCUT2D eigenvalue weighted by Crippen LogP contribution is -2.61. The number of piperidine rings is 2. The van der Waals surface area contributed by atoms with Crippen molar-refractivity contribution in [2.45, 2.75) is 44.6 Å². The summed E-state index contributed by atoms with van der Waals surface area (Å²) >= 11 is 0. The summed E-state index contributed by atoms with van der Waals surface area (Å²) in [6, 6.07) is 15.1. The van der Waals surface area contributed by atoms with Gasteiger partial charge in [0.1, 0.15) is 0 Å². The third kappa shape index (κ3) is 3.50. The van der Waals surface area contributed by atoms with Crippen LogP contribution >= 0.6 is 0 Å². The summed E-state index contributed by atoms with van der Waals surface area (Å²) < 4.78 is 6.98. The Morgan fingerprint density at radius 2 is 1.85 bits per heavy atom. The van der Waals surface area contributed by atoms with E-state index in [1.807, 2.05) is 24.3 Å². The van der Waals surface area contributed by atoms with Gasteiger partial charge in [-0.2, -0.15) is 0 Å². The molecule has 2 aromatic rings. The maximum atomic E-state index is 12.5. The van der Waals surface area contributed by atoms with Gasteiger partial charge in [-0.1, -0.05) is 42.5 Å².